The van der Waals surface area contributed by atoms with Crippen LogP contribution in [0.5, 0.6) is 0 Å². The van der Waals surface area contributed by atoms with E-state index < -0.39 is 35.1 Å². The molecule has 1 N–H and O–H groups in total. The molecule has 3 amide bonds. The van der Waals surface area contributed by atoms with E-state index in [1.807, 2.05) is 25.7 Å². The van der Waals surface area contributed by atoms with Gasteiger partial charge in [-0.25, -0.2) is 0 Å². The van der Waals surface area contributed by atoms with E-state index in [0.29, 0.717) is 32.5 Å². The van der Waals surface area contributed by atoms with Crippen molar-refractivity contribution in [3.05, 3.63) is 25.3 Å². The summed E-state index contributed by atoms with van der Waals surface area (Å²) in [6.07, 6.45) is 10.5. The fourth-order valence-electron chi connectivity index (χ4n) is 8.16. The highest BCUT2D eigenvalue weighted by Crippen LogP contribution is 2.66. The second-order valence-electron chi connectivity index (χ2n) is 12.3. The minimum absolute atomic E-state index is 0.0188. The molecule has 1 spiro atoms. The molecule has 3 saturated heterocycles. The Labute approximate surface area is 234 Å². The van der Waals surface area contributed by atoms with Gasteiger partial charge < -0.3 is 24.5 Å². The predicted molar refractivity (Wildman–Crippen MR) is 151 cm³/mol. The molecule has 3 heterocycles. The summed E-state index contributed by atoms with van der Waals surface area (Å²) in [4.78, 5) is 48.6. The molecule has 4 aliphatic rings. The molecule has 39 heavy (non-hydrogen) atoms. The summed E-state index contributed by atoms with van der Waals surface area (Å²) >= 11 is 0. The SMILES string of the molecule is C=CCN(CCC)C(=O)[C@H]1[C@H]2C(=O)N([C@@H](CC)CO)C(C(=O)N(CC=C)C3CCCCC3)C23CC(C)[C@]1(C)O3. The summed E-state index contributed by atoms with van der Waals surface area (Å²) in [5.74, 6) is -1.95. The van der Waals surface area contributed by atoms with Crippen molar-refractivity contribution in [3.63, 3.8) is 0 Å². The van der Waals surface area contributed by atoms with Crippen LogP contribution >= 0.6 is 0 Å². The van der Waals surface area contributed by atoms with Crippen molar-refractivity contribution in [2.75, 3.05) is 26.2 Å². The summed E-state index contributed by atoms with van der Waals surface area (Å²) in [5.41, 5.74) is -1.96. The fourth-order valence-corrected chi connectivity index (χ4v) is 8.16. The number of rotatable bonds is 12. The van der Waals surface area contributed by atoms with Crippen molar-refractivity contribution in [1.82, 2.24) is 14.7 Å². The van der Waals surface area contributed by atoms with Gasteiger partial charge in [0.05, 0.1) is 30.1 Å². The van der Waals surface area contributed by atoms with E-state index in [4.69, 9.17) is 4.74 Å². The Hall–Kier alpha value is -2.19. The zero-order valence-electron chi connectivity index (χ0n) is 24.4. The molecule has 1 aliphatic carbocycles. The van der Waals surface area contributed by atoms with Gasteiger partial charge in [-0.15, -0.1) is 13.2 Å². The van der Waals surface area contributed by atoms with Gasteiger partial charge in [0.1, 0.15) is 11.6 Å². The van der Waals surface area contributed by atoms with Crippen LogP contribution in [0.25, 0.3) is 0 Å². The van der Waals surface area contributed by atoms with Gasteiger partial charge in [0, 0.05) is 25.7 Å². The zero-order valence-corrected chi connectivity index (χ0v) is 24.4. The van der Waals surface area contributed by atoms with Crippen LogP contribution in [0.1, 0.15) is 79.1 Å². The first kappa shape index (κ1) is 29.8. The van der Waals surface area contributed by atoms with E-state index in [1.54, 1.807) is 22.0 Å². The zero-order chi connectivity index (χ0) is 28.5. The molecular weight excluding hydrogens is 494 g/mol. The Bertz CT molecular complexity index is 960. The van der Waals surface area contributed by atoms with Gasteiger partial charge in [-0.3, -0.25) is 14.4 Å². The highest BCUT2D eigenvalue weighted by Gasteiger charge is 2.80. The normalized spacial score (nSPS) is 34.6. The van der Waals surface area contributed by atoms with Crippen molar-refractivity contribution >= 4 is 17.7 Å². The fraction of sp³-hybridized carbons (Fsp3) is 0.774. The van der Waals surface area contributed by atoms with Gasteiger partial charge in [-0.1, -0.05) is 52.2 Å². The maximum absolute atomic E-state index is 14.7. The van der Waals surface area contributed by atoms with Crippen LogP contribution in [-0.2, 0) is 19.1 Å². The summed E-state index contributed by atoms with van der Waals surface area (Å²) in [5, 5.41) is 10.4. The Balaban J connectivity index is 1.83. The van der Waals surface area contributed by atoms with Gasteiger partial charge in [0.25, 0.3) is 0 Å². The highest BCUT2D eigenvalue weighted by atomic mass is 16.5. The maximum Gasteiger partial charge on any atom is 0.248 e. The number of hydrogen-bond acceptors (Lipinski definition) is 5. The predicted octanol–water partition coefficient (Wildman–Crippen LogP) is 3.54. The first-order valence-electron chi connectivity index (χ1n) is 15.1. The molecule has 8 heteroatoms. The molecule has 1 saturated carbocycles. The lowest BCUT2D eigenvalue weighted by Crippen LogP contribution is -2.60. The number of aliphatic hydroxyl groups is 1. The molecule has 2 bridgehead atoms. The molecule has 0 aromatic rings. The number of ether oxygens (including phenoxy) is 1. The van der Waals surface area contributed by atoms with Crippen LogP contribution in [0.15, 0.2) is 25.3 Å². The molecule has 8 nitrogen and oxygen atoms in total. The van der Waals surface area contributed by atoms with Crippen LogP contribution in [-0.4, -0.2) is 93.1 Å². The van der Waals surface area contributed by atoms with E-state index in [0.717, 1.165) is 38.5 Å². The number of likely N-dealkylation sites (tertiary alicyclic amines) is 1. The quantitative estimate of drug-likeness (QED) is 0.380. The van der Waals surface area contributed by atoms with E-state index in [-0.39, 0.29) is 36.3 Å². The lowest BCUT2D eigenvalue weighted by Gasteiger charge is -2.42. The second-order valence-corrected chi connectivity index (χ2v) is 12.3. The standard InChI is InChI=1S/C31H49N3O5/c1-7-16-32(17-8-2)27(36)24-25-28(37)34(22(10-4)20-35)26(31(25)19-21(5)30(24,6)39-31)29(38)33(18-9-3)23-14-12-11-13-15-23/h7,9,21-26,35H,1,3,8,10-20H2,2,4-6H3/t21?,22-,24+,25-,26?,30-,31?/m0/s1. The van der Waals surface area contributed by atoms with Crippen molar-refractivity contribution in [1.29, 1.82) is 0 Å². The summed E-state index contributed by atoms with van der Waals surface area (Å²) in [6, 6.07) is -1.32. The van der Waals surface area contributed by atoms with Gasteiger partial charge in [-0.2, -0.15) is 0 Å². The third-order valence-corrected chi connectivity index (χ3v) is 10.1. The van der Waals surface area contributed by atoms with Crippen molar-refractivity contribution in [2.45, 2.75) is 108 Å². The number of nitrogens with zero attached hydrogens (tertiary/aromatic N) is 3. The third-order valence-electron chi connectivity index (χ3n) is 10.1. The Morgan fingerprint density at radius 3 is 2.38 bits per heavy atom. The second kappa shape index (κ2) is 11.7. The molecule has 0 radical (unpaired) electrons. The third kappa shape index (κ3) is 4.65. The number of carbonyl (C=O) groups excluding carboxylic acids is 3. The molecule has 0 aromatic carbocycles. The van der Waals surface area contributed by atoms with E-state index in [1.165, 1.54) is 0 Å². The van der Waals surface area contributed by atoms with Crippen molar-refractivity contribution in [3.8, 4) is 0 Å². The van der Waals surface area contributed by atoms with Crippen LogP contribution in [0, 0.1) is 17.8 Å². The van der Waals surface area contributed by atoms with E-state index >= 15 is 0 Å². The minimum Gasteiger partial charge on any atom is -0.394 e. The Morgan fingerprint density at radius 1 is 1.15 bits per heavy atom. The van der Waals surface area contributed by atoms with Crippen LogP contribution in [0.3, 0.4) is 0 Å². The summed E-state index contributed by atoms with van der Waals surface area (Å²) in [6.45, 7) is 16.9. The van der Waals surface area contributed by atoms with Gasteiger partial charge in [-0.05, 0) is 44.9 Å². The number of amides is 3. The maximum atomic E-state index is 14.7. The molecule has 7 atom stereocenters. The lowest BCUT2D eigenvalue weighted by atomic mass is 9.62. The average molecular weight is 544 g/mol. The Kier molecular flexibility index (Phi) is 8.96. The molecule has 3 unspecified atom stereocenters. The number of hydrogen-bond donors (Lipinski definition) is 1. The number of carbonyl (C=O) groups is 3. The van der Waals surface area contributed by atoms with Crippen molar-refractivity contribution in [2.24, 2.45) is 17.8 Å². The monoisotopic (exact) mass is 543 g/mol. The van der Waals surface area contributed by atoms with E-state index in [9.17, 15) is 19.5 Å². The van der Waals surface area contributed by atoms with Crippen molar-refractivity contribution < 1.29 is 24.2 Å². The average Bonchev–Trinajstić information content (AvgIpc) is 3.44. The lowest BCUT2D eigenvalue weighted by molar-refractivity contribution is -0.159. The van der Waals surface area contributed by atoms with E-state index in [2.05, 4.69) is 20.1 Å². The topological polar surface area (TPSA) is 90.4 Å². The molecule has 218 valence electrons. The first-order valence-corrected chi connectivity index (χ1v) is 15.1. The van der Waals surface area contributed by atoms with Crippen LogP contribution in [0.4, 0.5) is 0 Å². The van der Waals surface area contributed by atoms with Crippen LogP contribution < -0.4 is 0 Å². The molecule has 4 rings (SSSR count). The smallest absolute Gasteiger partial charge is 0.248 e. The van der Waals surface area contributed by atoms with Gasteiger partial charge in [0.2, 0.25) is 17.7 Å². The largest absolute Gasteiger partial charge is 0.394 e. The highest BCUT2D eigenvalue weighted by molar-refractivity contribution is 5.99. The molecule has 4 fully saturated rings. The number of aliphatic hydroxyl groups excluding tert-OH is 1. The molecule has 0 aromatic heterocycles. The summed E-state index contributed by atoms with van der Waals surface area (Å²) in [7, 11) is 0. The molecule has 3 aliphatic heterocycles. The first-order chi connectivity index (χ1) is 18.7. The van der Waals surface area contributed by atoms with Gasteiger partial charge >= 0.3 is 0 Å². The van der Waals surface area contributed by atoms with Gasteiger partial charge in [0.15, 0.2) is 0 Å². The molecular formula is C31H49N3O5. The summed E-state index contributed by atoms with van der Waals surface area (Å²) < 4.78 is 6.92. The van der Waals surface area contributed by atoms with Crippen LogP contribution in [0.2, 0.25) is 0 Å². The Morgan fingerprint density at radius 2 is 1.82 bits per heavy atom. The minimum atomic E-state index is -1.11. The number of fused-ring (bicyclic) bond motifs is 1.